The van der Waals surface area contributed by atoms with Crippen LogP contribution in [0.2, 0.25) is 0 Å². The van der Waals surface area contributed by atoms with Gasteiger partial charge >= 0.3 is 0 Å². The van der Waals surface area contributed by atoms with E-state index in [9.17, 15) is 0 Å². The maximum absolute atomic E-state index is 4.41. The van der Waals surface area contributed by atoms with Crippen LogP contribution in [0.15, 0.2) is 24.8 Å². The number of hydrogen-bond acceptors (Lipinski definition) is 4. The lowest BCUT2D eigenvalue weighted by molar-refractivity contribution is 0.672. The first-order valence-electron chi connectivity index (χ1n) is 5.68. The number of fused-ring (bicyclic) bond motifs is 3. The molecule has 86 valence electrons. The van der Waals surface area contributed by atoms with Crippen molar-refractivity contribution in [2.75, 3.05) is 24.8 Å². The van der Waals surface area contributed by atoms with Gasteiger partial charge in [-0.25, -0.2) is 14.6 Å². The molecule has 6 nitrogen and oxygen atoms in total. The molecule has 0 saturated carbocycles. The van der Waals surface area contributed by atoms with E-state index in [4.69, 9.17) is 0 Å². The molecule has 1 saturated heterocycles. The van der Waals surface area contributed by atoms with Crippen molar-refractivity contribution < 1.29 is 0 Å². The number of H-pyrrole nitrogens is 1. The highest BCUT2D eigenvalue weighted by atomic mass is 15.6. The molecule has 3 aromatic rings. The van der Waals surface area contributed by atoms with Crippen LogP contribution in [0.25, 0.3) is 22.1 Å². The van der Waals surface area contributed by atoms with Crippen molar-refractivity contribution >= 4 is 22.1 Å². The fourth-order valence-corrected chi connectivity index (χ4v) is 2.39. The Hall–Kier alpha value is -2.08. The molecule has 0 unspecified atom stereocenters. The normalized spacial score (nSPS) is 16.4. The molecule has 2 N–H and O–H groups in total. The summed E-state index contributed by atoms with van der Waals surface area (Å²) >= 11 is 0. The zero-order valence-electron chi connectivity index (χ0n) is 9.22. The van der Waals surface area contributed by atoms with Crippen molar-refractivity contribution in [3.8, 4) is 0 Å². The van der Waals surface area contributed by atoms with Crippen molar-refractivity contribution in [1.29, 1.82) is 0 Å². The molecule has 1 fully saturated rings. The predicted molar refractivity (Wildman–Crippen MR) is 65.3 cm³/mol. The second kappa shape index (κ2) is 3.21. The number of aromatic amines is 1. The van der Waals surface area contributed by atoms with E-state index in [2.05, 4.69) is 30.0 Å². The Bertz CT molecular complexity index is 675. The lowest BCUT2D eigenvalue weighted by Crippen LogP contribution is -2.32. The average Bonchev–Trinajstić information content (AvgIpc) is 3.08. The highest BCUT2D eigenvalue weighted by Gasteiger charge is 2.16. The first-order valence-corrected chi connectivity index (χ1v) is 5.68. The molecule has 1 aliphatic rings. The van der Waals surface area contributed by atoms with Gasteiger partial charge < -0.3 is 4.98 Å². The standard InChI is InChI=1S/C11H12N6/c1-2-13-11-8(1)10-9(5-14-11)15-7-17(10)16-4-3-12-6-16/h1-2,5,7,12H,3-4,6H2,(H,13,14). The van der Waals surface area contributed by atoms with Crippen molar-refractivity contribution in [3.63, 3.8) is 0 Å². The van der Waals surface area contributed by atoms with E-state index in [-0.39, 0.29) is 0 Å². The molecule has 0 atom stereocenters. The summed E-state index contributed by atoms with van der Waals surface area (Å²) in [6.45, 7) is 2.88. The van der Waals surface area contributed by atoms with Gasteiger partial charge in [-0.15, -0.1) is 0 Å². The second-order valence-electron chi connectivity index (χ2n) is 4.21. The fraction of sp³-hybridized carbons (Fsp3) is 0.273. The number of rotatable bonds is 1. The number of pyridine rings is 1. The summed E-state index contributed by atoms with van der Waals surface area (Å²) < 4.78 is 2.12. The third-order valence-electron chi connectivity index (χ3n) is 3.22. The van der Waals surface area contributed by atoms with Crippen LogP contribution in [0, 0.1) is 0 Å². The van der Waals surface area contributed by atoms with E-state index in [1.54, 1.807) is 0 Å². The highest BCUT2D eigenvalue weighted by Crippen LogP contribution is 2.22. The van der Waals surface area contributed by atoms with Gasteiger partial charge in [-0.05, 0) is 6.07 Å². The Labute approximate surface area is 97.2 Å². The molecule has 0 aromatic carbocycles. The highest BCUT2D eigenvalue weighted by molar-refractivity contribution is 6.01. The zero-order valence-corrected chi connectivity index (χ0v) is 9.22. The first-order chi connectivity index (χ1) is 8.43. The summed E-state index contributed by atoms with van der Waals surface area (Å²) in [4.78, 5) is 11.9. The molecule has 4 heterocycles. The van der Waals surface area contributed by atoms with Gasteiger partial charge in [0.05, 0.1) is 12.9 Å². The van der Waals surface area contributed by atoms with Crippen LogP contribution in [0.1, 0.15) is 0 Å². The molecular weight excluding hydrogens is 216 g/mol. The monoisotopic (exact) mass is 228 g/mol. The molecule has 0 amide bonds. The molecule has 0 aliphatic carbocycles. The molecule has 0 spiro atoms. The van der Waals surface area contributed by atoms with E-state index in [0.29, 0.717) is 0 Å². The minimum atomic E-state index is 0.861. The molecule has 0 radical (unpaired) electrons. The third kappa shape index (κ3) is 1.18. The summed E-state index contributed by atoms with van der Waals surface area (Å²) in [6.07, 6.45) is 5.59. The topological polar surface area (TPSA) is 61.8 Å². The quantitative estimate of drug-likeness (QED) is 0.633. The van der Waals surface area contributed by atoms with Crippen LogP contribution in [0.5, 0.6) is 0 Å². The minimum Gasteiger partial charge on any atom is -0.346 e. The van der Waals surface area contributed by atoms with Crippen LogP contribution in [-0.4, -0.2) is 39.4 Å². The molecule has 4 rings (SSSR count). The maximum Gasteiger partial charge on any atom is 0.139 e. The Morgan fingerprint density at radius 3 is 3.18 bits per heavy atom. The number of aromatic nitrogens is 4. The zero-order chi connectivity index (χ0) is 11.2. The van der Waals surface area contributed by atoms with E-state index in [1.807, 2.05) is 24.8 Å². The maximum atomic E-state index is 4.41. The summed E-state index contributed by atoms with van der Waals surface area (Å²) in [5.74, 6) is 0. The van der Waals surface area contributed by atoms with E-state index >= 15 is 0 Å². The van der Waals surface area contributed by atoms with Crippen molar-refractivity contribution in [1.82, 2.24) is 24.9 Å². The van der Waals surface area contributed by atoms with Crippen LogP contribution < -0.4 is 10.3 Å². The van der Waals surface area contributed by atoms with Gasteiger partial charge in [-0.1, -0.05) is 0 Å². The van der Waals surface area contributed by atoms with Gasteiger partial charge in [0.2, 0.25) is 0 Å². The largest absolute Gasteiger partial charge is 0.346 e. The van der Waals surface area contributed by atoms with E-state index in [1.165, 1.54) is 0 Å². The number of nitrogens with zero attached hydrogens (tertiary/aromatic N) is 4. The number of nitrogens with one attached hydrogen (secondary N) is 2. The van der Waals surface area contributed by atoms with Gasteiger partial charge in [0, 0.05) is 24.7 Å². The van der Waals surface area contributed by atoms with Crippen LogP contribution in [-0.2, 0) is 0 Å². The molecule has 1 aliphatic heterocycles. The van der Waals surface area contributed by atoms with Crippen molar-refractivity contribution in [3.05, 3.63) is 24.8 Å². The summed E-state index contributed by atoms with van der Waals surface area (Å²) in [5, 5.41) is 6.68. The van der Waals surface area contributed by atoms with Gasteiger partial charge in [-0.2, -0.15) is 0 Å². The SMILES string of the molecule is c1cc2c(ncc3ncn(N4CCNC4)c32)[nH]1. The lowest BCUT2D eigenvalue weighted by atomic mass is 10.3. The summed E-state index contributed by atoms with van der Waals surface area (Å²) in [7, 11) is 0. The van der Waals surface area contributed by atoms with Gasteiger partial charge in [0.25, 0.3) is 0 Å². The predicted octanol–water partition coefficient (Wildman–Crippen LogP) is 0.411. The fourth-order valence-electron chi connectivity index (χ4n) is 2.39. The molecule has 0 bridgehead atoms. The number of imidazole rings is 1. The first kappa shape index (κ1) is 9.00. The molecule has 6 heteroatoms. The Morgan fingerprint density at radius 2 is 2.29 bits per heavy atom. The van der Waals surface area contributed by atoms with Crippen LogP contribution in [0.3, 0.4) is 0 Å². The Morgan fingerprint density at radius 1 is 1.29 bits per heavy atom. The van der Waals surface area contributed by atoms with Gasteiger partial charge in [0.15, 0.2) is 0 Å². The number of hydrogen-bond donors (Lipinski definition) is 2. The average molecular weight is 228 g/mol. The lowest BCUT2D eigenvalue weighted by Gasteiger charge is -2.18. The summed E-state index contributed by atoms with van der Waals surface area (Å²) in [5.41, 5.74) is 2.97. The van der Waals surface area contributed by atoms with Crippen molar-refractivity contribution in [2.24, 2.45) is 0 Å². The third-order valence-corrected chi connectivity index (χ3v) is 3.22. The van der Waals surface area contributed by atoms with E-state index in [0.717, 1.165) is 41.8 Å². The van der Waals surface area contributed by atoms with Gasteiger partial charge in [-0.3, -0.25) is 10.3 Å². The van der Waals surface area contributed by atoms with Crippen LogP contribution >= 0.6 is 0 Å². The van der Waals surface area contributed by atoms with Crippen LogP contribution in [0.4, 0.5) is 0 Å². The molecular formula is C11H12N6. The molecule has 3 aromatic heterocycles. The van der Waals surface area contributed by atoms with Crippen molar-refractivity contribution in [2.45, 2.75) is 0 Å². The Balaban J connectivity index is 2.05. The second-order valence-corrected chi connectivity index (χ2v) is 4.21. The molecule has 17 heavy (non-hydrogen) atoms. The smallest absolute Gasteiger partial charge is 0.139 e. The van der Waals surface area contributed by atoms with Gasteiger partial charge in [0.1, 0.15) is 23.0 Å². The minimum absolute atomic E-state index is 0.861. The Kier molecular flexibility index (Phi) is 1.70. The van der Waals surface area contributed by atoms with E-state index < -0.39 is 0 Å². The summed E-state index contributed by atoms with van der Waals surface area (Å²) in [6, 6.07) is 2.05.